The first-order chi connectivity index (χ1) is 10.6. The van der Waals surface area contributed by atoms with E-state index in [-0.39, 0.29) is 18.3 Å². The highest BCUT2D eigenvalue weighted by atomic mass is 19.1. The van der Waals surface area contributed by atoms with Gasteiger partial charge in [-0.25, -0.2) is 4.39 Å². The molecule has 0 aromatic heterocycles. The van der Waals surface area contributed by atoms with Crippen molar-refractivity contribution in [2.45, 2.75) is 19.9 Å². The number of carbonyl (C=O) groups excluding carboxylic acids is 1. The smallest absolute Gasteiger partial charge is 0.251 e. The molecule has 0 saturated heterocycles. The van der Waals surface area contributed by atoms with Crippen LogP contribution in [0.5, 0.6) is 5.75 Å². The maximum absolute atomic E-state index is 13.5. The van der Waals surface area contributed by atoms with E-state index in [1.165, 1.54) is 6.07 Å². The molecule has 0 radical (unpaired) electrons. The number of ether oxygens (including phenoxy) is 1. The zero-order valence-corrected chi connectivity index (χ0v) is 12.4. The number of hydrogen-bond donors (Lipinski definition) is 2. The molecular formula is C17H19FN2O2. The van der Waals surface area contributed by atoms with E-state index < -0.39 is 0 Å². The molecule has 3 N–H and O–H groups in total. The second kappa shape index (κ2) is 7.45. The minimum Gasteiger partial charge on any atom is -0.491 e. The number of benzene rings is 2. The zero-order chi connectivity index (χ0) is 15.9. The Morgan fingerprint density at radius 2 is 2.05 bits per heavy atom. The summed E-state index contributed by atoms with van der Waals surface area (Å²) >= 11 is 0. The molecule has 2 rings (SSSR count). The van der Waals surface area contributed by atoms with Crippen molar-refractivity contribution in [2.24, 2.45) is 0 Å². The van der Waals surface area contributed by atoms with Gasteiger partial charge in [0.1, 0.15) is 11.6 Å². The first kappa shape index (κ1) is 15.8. The van der Waals surface area contributed by atoms with Gasteiger partial charge in [-0.3, -0.25) is 4.79 Å². The van der Waals surface area contributed by atoms with Gasteiger partial charge in [0.25, 0.3) is 5.91 Å². The van der Waals surface area contributed by atoms with Crippen molar-refractivity contribution in [1.29, 1.82) is 0 Å². The summed E-state index contributed by atoms with van der Waals surface area (Å²) in [5.41, 5.74) is 7.16. The molecule has 2 aromatic carbocycles. The number of nitrogen functional groups attached to an aromatic ring is 1. The Labute approximate surface area is 129 Å². The van der Waals surface area contributed by atoms with E-state index in [9.17, 15) is 9.18 Å². The van der Waals surface area contributed by atoms with Gasteiger partial charge < -0.3 is 15.8 Å². The van der Waals surface area contributed by atoms with Gasteiger partial charge in [-0.2, -0.15) is 0 Å². The molecule has 0 bridgehead atoms. The number of carbonyl (C=O) groups is 1. The van der Waals surface area contributed by atoms with Crippen molar-refractivity contribution in [1.82, 2.24) is 5.32 Å². The Morgan fingerprint density at radius 3 is 2.77 bits per heavy atom. The molecule has 22 heavy (non-hydrogen) atoms. The van der Waals surface area contributed by atoms with E-state index in [0.717, 1.165) is 6.42 Å². The Balaban J connectivity index is 2.05. The van der Waals surface area contributed by atoms with E-state index in [1.54, 1.807) is 36.4 Å². The number of nitrogens with one attached hydrogen (secondary N) is 1. The normalized spacial score (nSPS) is 10.3. The van der Waals surface area contributed by atoms with Crippen LogP contribution in [0.4, 0.5) is 10.1 Å². The molecule has 116 valence electrons. The lowest BCUT2D eigenvalue weighted by molar-refractivity contribution is 0.0950. The van der Waals surface area contributed by atoms with E-state index in [0.29, 0.717) is 29.2 Å². The summed E-state index contributed by atoms with van der Waals surface area (Å²) in [6, 6.07) is 11.2. The first-order valence-electron chi connectivity index (χ1n) is 7.15. The molecule has 0 fully saturated rings. The van der Waals surface area contributed by atoms with Crippen molar-refractivity contribution >= 4 is 11.6 Å². The second-order valence-corrected chi connectivity index (χ2v) is 4.88. The standard InChI is InChI=1S/C17H19FN2O2/c1-2-9-22-16-10-12(7-8-15(16)19)17(21)20-11-13-5-3-4-6-14(13)18/h3-8,10H,2,9,11,19H2,1H3,(H,20,21). The molecular weight excluding hydrogens is 283 g/mol. The number of amides is 1. The Hall–Kier alpha value is -2.56. The van der Waals surface area contributed by atoms with Crippen LogP contribution in [0.25, 0.3) is 0 Å². The predicted molar refractivity (Wildman–Crippen MR) is 84.2 cm³/mol. The van der Waals surface area contributed by atoms with Gasteiger partial charge >= 0.3 is 0 Å². The van der Waals surface area contributed by atoms with Gasteiger partial charge in [-0.1, -0.05) is 25.1 Å². The summed E-state index contributed by atoms with van der Waals surface area (Å²) in [7, 11) is 0. The lowest BCUT2D eigenvalue weighted by Gasteiger charge is -2.10. The molecule has 0 saturated carbocycles. The van der Waals surface area contributed by atoms with Gasteiger partial charge in [0.2, 0.25) is 0 Å². The number of hydrogen-bond acceptors (Lipinski definition) is 3. The van der Waals surface area contributed by atoms with E-state index in [1.807, 2.05) is 6.92 Å². The summed E-state index contributed by atoms with van der Waals surface area (Å²) in [5.74, 6) is -0.155. The van der Waals surface area contributed by atoms with Gasteiger partial charge in [0, 0.05) is 17.7 Å². The molecule has 0 spiro atoms. The summed E-state index contributed by atoms with van der Waals surface area (Å²) in [6.07, 6.45) is 0.850. The fraction of sp³-hybridized carbons (Fsp3) is 0.235. The van der Waals surface area contributed by atoms with Crippen molar-refractivity contribution in [3.63, 3.8) is 0 Å². The minimum absolute atomic E-state index is 0.126. The molecule has 5 heteroatoms. The predicted octanol–water partition coefficient (Wildman–Crippen LogP) is 3.13. The topological polar surface area (TPSA) is 64.3 Å². The largest absolute Gasteiger partial charge is 0.491 e. The van der Waals surface area contributed by atoms with Crippen molar-refractivity contribution in [3.8, 4) is 5.75 Å². The van der Waals surface area contributed by atoms with Crippen molar-refractivity contribution < 1.29 is 13.9 Å². The Morgan fingerprint density at radius 1 is 1.27 bits per heavy atom. The third-order valence-corrected chi connectivity index (χ3v) is 3.13. The molecule has 2 aromatic rings. The summed E-state index contributed by atoms with van der Waals surface area (Å²) in [6.45, 7) is 2.65. The maximum atomic E-state index is 13.5. The number of anilines is 1. The first-order valence-corrected chi connectivity index (χ1v) is 7.15. The summed E-state index contributed by atoms with van der Waals surface area (Å²) < 4.78 is 19.0. The van der Waals surface area contributed by atoms with Crippen LogP contribution < -0.4 is 15.8 Å². The minimum atomic E-state index is -0.341. The quantitative estimate of drug-likeness (QED) is 0.806. The number of nitrogens with two attached hydrogens (primary N) is 1. The van der Waals surface area contributed by atoms with Crippen LogP contribution >= 0.6 is 0 Å². The molecule has 0 aliphatic rings. The molecule has 0 atom stereocenters. The van der Waals surface area contributed by atoms with Crippen LogP contribution in [0.1, 0.15) is 29.3 Å². The van der Waals surface area contributed by atoms with Crippen LogP contribution in [0.3, 0.4) is 0 Å². The van der Waals surface area contributed by atoms with Crippen LogP contribution in [-0.2, 0) is 6.54 Å². The monoisotopic (exact) mass is 302 g/mol. The lowest BCUT2D eigenvalue weighted by Crippen LogP contribution is -2.23. The number of rotatable bonds is 6. The van der Waals surface area contributed by atoms with Crippen molar-refractivity contribution in [2.75, 3.05) is 12.3 Å². The molecule has 0 aliphatic carbocycles. The average molecular weight is 302 g/mol. The van der Waals surface area contributed by atoms with E-state index >= 15 is 0 Å². The van der Waals surface area contributed by atoms with Crippen LogP contribution in [0.15, 0.2) is 42.5 Å². The highest BCUT2D eigenvalue weighted by Gasteiger charge is 2.10. The second-order valence-electron chi connectivity index (χ2n) is 4.88. The van der Waals surface area contributed by atoms with Gasteiger partial charge in [-0.05, 0) is 30.7 Å². The Bertz CT molecular complexity index is 659. The van der Waals surface area contributed by atoms with Crippen molar-refractivity contribution in [3.05, 3.63) is 59.4 Å². The molecule has 1 amide bonds. The molecule has 0 unspecified atom stereocenters. The van der Waals surface area contributed by atoms with Crippen LogP contribution in [0.2, 0.25) is 0 Å². The maximum Gasteiger partial charge on any atom is 0.251 e. The summed E-state index contributed by atoms with van der Waals surface area (Å²) in [4.78, 5) is 12.1. The Kier molecular flexibility index (Phi) is 5.36. The van der Waals surface area contributed by atoms with Crippen LogP contribution in [0, 0.1) is 5.82 Å². The van der Waals surface area contributed by atoms with Gasteiger partial charge in [0.15, 0.2) is 0 Å². The number of halogens is 1. The van der Waals surface area contributed by atoms with Gasteiger partial charge in [-0.15, -0.1) is 0 Å². The lowest BCUT2D eigenvalue weighted by atomic mass is 10.1. The molecule has 4 nitrogen and oxygen atoms in total. The van der Waals surface area contributed by atoms with Gasteiger partial charge in [0.05, 0.1) is 12.3 Å². The highest BCUT2D eigenvalue weighted by molar-refractivity contribution is 5.95. The van der Waals surface area contributed by atoms with E-state index in [2.05, 4.69) is 5.32 Å². The summed E-state index contributed by atoms with van der Waals surface area (Å²) in [5, 5.41) is 2.68. The fourth-order valence-electron chi connectivity index (χ4n) is 1.93. The highest BCUT2D eigenvalue weighted by Crippen LogP contribution is 2.23. The third kappa shape index (κ3) is 3.97. The molecule has 0 heterocycles. The third-order valence-electron chi connectivity index (χ3n) is 3.13. The fourth-order valence-corrected chi connectivity index (χ4v) is 1.93. The SMILES string of the molecule is CCCOc1cc(C(=O)NCc2ccccc2F)ccc1N. The average Bonchev–Trinajstić information content (AvgIpc) is 2.53. The zero-order valence-electron chi connectivity index (χ0n) is 12.4. The van der Waals surface area contributed by atoms with Crippen LogP contribution in [-0.4, -0.2) is 12.5 Å². The molecule has 0 aliphatic heterocycles. The van der Waals surface area contributed by atoms with E-state index in [4.69, 9.17) is 10.5 Å².